The summed E-state index contributed by atoms with van der Waals surface area (Å²) < 4.78 is 12.6. The fourth-order valence-corrected chi connectivity index (χ4v) is 3.35. The predicted molar refractivity (Wildman–Crippen MR) is 64.9 cm³/mol. The molecule has 0 bridgehead atoms. The molecule has 0 fully saturated rings. The SMILES string of the molecule is C[SH](=O)(c1ccccc1)c1ccccc1. The monoisotopic (exact) mass is 218 g/mol. The topological polar surface area (TPSA) is 17.1 Å². The van der Waals surface area contributed by atoms with Crippen molar-refractivity contribution in [3.05, 3.63) is 60.7 Å². The lowest BCUT2D eigenvalue weighted by Crippen LogP contribution is -2.09. The second-order valence-corrected chi connectivity index (χ2v) is 6.48. The summed E-state index contributed by atoms with van der Waals surface area (Å²) >= 11 is 0. The molecule has 0 aliphatic heterocycles. The van der Waals surface area contributed by atoms with Gasteiger partial charge in [-0.1, -0.05) is 46.3 Å². The number of rotatable bonds is 2. The van der Waals surface area contributed by atoms with Gasteiger partial charge >= 0.3 is 0 Å². The van der Waals surface area contributed by atoms with Gasteiger partial charge in [-0.2, -0.15) is 0 Å². The van der Waals surface area contributed by atoms with Crippen molar-refractivity contribution in [3.8, 4) is 0 Å². The number of benzene rings is 2. The molecule has 2 heteroatoms. The Kier molecular flexibility index (Phi) is 2.69. The summed E-state index contributed by atoms with van der Waals surface area (Å²) in [5.74, 6) is 0. The Morgan fingerprint density at radius 3 is 1.40 bits per heavy atom. The molecule has 0 atom stereocenters. The van der Waals surface area contributed by atoms with E-state index in [2.05, 4.69) is 0 Å². The first-order valence-electron chi connectivity index (χ1n) is 4.90. The van der Waals surface area contributed by atoms with Gasteiger partial charge in [-0.3, -0.25) is 4.21 Å². The number of thiol groups is 1. The van der Waals surface area contributed by atoms with E-state index in [4.69, 9.17) is 0 Å². The Bertz CT molecular complexity index is 433. The van der Waals surface area contributed by atoms with Crippen molar-refractivity contribution >= 4 is 9.93 Å². The van der Waals surface area contributed by atoms with Crippen LogP contribution < -0.4 is 0 Å². The highest BCUT2D eigenvalue weighted by Gasteiger charge is 2.13. The van der Waals surface area contributed by atoms with Crippen molar-refractivity contribution in [1.29, 1.82) is 0 Å². The van der Waals surface area contributed by atoms with Crippen LogP contribution in [0.3, 0.4) is 0 Å². The Labute approximate surface area is 91.2 Å². The van der Waals surface area contributed by atoms with Gasteiger partial charge in [0.05, 0.1) is 0 Å². The fraction of sp³-hybridized carbons (Fsp3) is 0.0769. The Morgan fingerprint density at radius 2 is 1.07 bits per heavy atom. The molecule has 15 heavy (non-hydrogen) atoms. The van der Waals surface area contributed by atoms with Crippen molar-refractivity contribution in [3.63, 3.8) is 0 Å². The molecule has 0 aliphatic rings. The fourth-order valence-electron chi connectivity index (χ4n) is 1.57. The zero-order valence-corrected chi connectivity index (χ0v) is 9.52. The van der Waals surface area contributed by atoms with Gasteiger partial charge in [0.2, 0.25) is 0 Å². The van der Waals surface area contributed by atoms with Gasteiger partial charge in [0.25, 0.3) is 0 Å². The summed E-state index contributed by atoms with van der Waals surface area (Å²) in [6, 6.07) is 19.3. The van der Waals surface area contributed by atoms with Crippen molar-refractivity contribution < 1.29 is 4.21 Å². The van der Waals surface area contributed by atoms with Crippen LogP contribution in [0.15, 0.2) is 70.5 Å². The average Bonchev–Trinajstić information content (AvgIpc) is 2.31. The molecule has 1 nitrogen and oxygen atoms in total. The molecule has 0 saturated carbocycles. The first kappa shape index (κ1) is 10.1. The lowest BCUT2D eigenvalue weighted by atomic mass is 10.4. The van der Waals surface area contributed by atoms with E-state index in [0.717, 1.165) is 9.79 Å². The van der Waals surface area contributed by atoms with Gasteiger partial charge < -0.3 is 0 Å². The zero-order chi connectivity index (χ0) is 10.7. The second-order valence-electron chi connectivity index (χ2n) is 3.60. The van der Waals surface area contributed by atoms with Crippen LogP contribution in [0.5, 0.6) is 0 Å². The van der Waals surface area contributed by atoms with E-state index in [-0.39, 0.29) is 0 Å². The van der Waals surface area contributed by atoms with E-state index in [1.54, 1.807) is 0 Å². The molecule has 78 valence electrons. The molecule has 0 spiro atoms. The molecule has 0 saturated heterocycles. The Morgan fingerprint density at radius 1 is 0.733 bits per heavy atom. The van der Waals surface area contributed by atoms with E-state index >= 15 is 0 Å². The molecule has 0 aromatic heterocycles. The summed E-state index contributed by atoms with van der Waals surface area (Å²) in [7, 11) is -2.40. The van der Waals surface area contributed by atoms with Crippen LogP contribution in [0.25, 0.3) is 0 Å². The lowest BCUT2D eigenvalue weighted by Gasteiger charge is -2.19. The third kappa shape index (κ3) is 2.00. The molecular weight excluding hydrogens is 204 g/mol. The van der Waals surface area contributed by atoms with Crippen molar-refractivity contribution in [2.75, 3.05) is 6.26 Å². The summed E-state index contributed by atoms with van der Waals surface area (Å²) in [5.41, 5.74) is 0. The van der Waals surface area contributed by atoms with Crippen molar-refractivity contribution in [2.24, 2.45) is 0 Å². The molecule has 0 unspecified atom stereocenters. The first-order chi connectivity index (χ1) is 7.21. The highest BCUT2D eigenvalue weighted by molar-refractivity contribution is 8.02. The van der Waals surface area contributed by atoms with Gasteiger partial charge in [0.1, 0.15) is 0 Å². The third-order valence-electron chi connectivity index (χ3n) is 2.50. The van der Waals surface area contributed by atoms with Crippen molar-refractivity contribution in [1.82, 2.24) is 0 Å². The van der Waals surface area contributed by atoms with Gasteiger partial charge in [0.15, 0.2) is 0 Å². The summed E-state index contributed by atoms with van der Waals surface area (Å²) in [6.07, 6.45) is 1.82. The van der Waals surface area contributed by atoms with Gasteiger partial charge in [0, 0.05) is 9.79 Å². The second kappa shape index (κ2) is 3.99. The molecule has 0 aliphatic carbocycles. The standard InChI is InChI=1S/C13H14OS/c1-15(14,12-8-4-2-5-9-12)13-10-6-3-7-11-13/h2-11,15H,1H3. The molecule has 0 amide bonds. The minimum Gasteiger partial charge on any atom is -0.276 e. The maximum absolute atomic E-state index is 12.6. The smallest absolute Gasteiger partial charge is 0.0185 e. The summed E-state index contributed by atoms with van der Waals surface area (Å²) in [5, 5.41) is 0. The summed E-state index contributed by atoms with van der Waals surface area (Å²) in [4.78, 5) is 1.83. The van der Waals surface area contributed by atoms with Gasteiger partial charge in [-0.25, -0.2) is 0 Å². The Hall–Kier alpha value is -1.41. The van der Waals surface area contributed by atoms with Crippen LogP contribution in [-0.2, 0) is 9.93 Å². The van der Waals surface area contributed by atoms with Crippen LogP contribution in [0.1, 0.15) is 0 Å². The quantitative estimate of drug-likeness (QED) is 0.767. The molecular formula is C13H14OS. The van der Waals surface area contributed by atoms with E-state index in [1.165, 1.54) is 0 Å². The predicted octanol–water partition coefficient (Wildman–Crippen LogP) is 2.75. The molecule has 0 heterocycles. The highest BCUT2D eigenvalue weighted by Crippen LogP contribution is 2.25. The molecule has 0 N–H and O–H groups in total. The maximum atomic E-state index is 12.6. The average molecular weight is 218 g/mol. The minimum atomic E-state index is -2.40. The van der Waals surface area contributed by atoms with Gasteiger partial charge in [-0.15, -0.1) is 0 Å². The van der Waals surface area contributed by atoms with E-state index in [9.17, 15) is 4.21 Å². The Balaban J connectivity index is 2.50. The van der Waals surface area contributed by atoms with Crippen LogP contribution in [0.4, 0.5) is 0 Å². The summed E-state index contributed by atoms with van der Waals surface area (Å²) in [6.45, 7) is 0. The van der Waals surface area contributed by atoms with Crippen LogP contribution >= 0.6 is 0 Å². The lowest BCUT2D eigenvalue weighted by molar-refractivity contribution is 0.674. The first-order valence-corrected chi connectivity index (χ1v) is 7.05. The van der Waals surface area contributed by atoms with E-state index < -0.39 is 9.93 Å². The van der Waals surface area contributed by atoms with E-state index in [0.29, 0.717) is 0 Å². The van der Waals surface area contributed by atoms with Crippen LogP contribution in [-0.4, -0.2) is 10.5 Å². The minimum absolute atomic E-state index is 0.913. The molecule has 0 radical (unpaired) electrons. The van der Waals surface area contributed by atoms with E-state index in [1.807, 2.05) is 66.9 Å². The molecule has 2 rings (SSSR count). The number of hydrogen-bond donors (Lipinski definition) is 1. The third-order valence-corrected chi connectivity index (χ3v) is 5.06. The van der Waals surface area contributed by atoms with Crippen molar-refractivity contribution in [2.45, 2.75) is 9.79 Å². The number of hydrogen-bond acceptors (Lipinski definition) is 1. The molecule has 2 aromatic rings. The van der Waals surface area contributed by atoms with Gasteiger partial charge in [-0.05, 0) is 30.5 Å². The normalized spacial score (nSPS) is 12.3. The largest absolute Gasteiger partial charge is 0.276 e. The van der Waals surface area contributed by atoms with Crippen LogP contribution in [0, 0.1) is 0 Å². The zero-order valence-electron chi connectivity index (χ0n) is 8.63. The highest BCUT2D eigenvalue weighted by atomic mass is 32.2. The van der Waals surface area contributed by atoms with Crippen LogP contribution in [0.2, 0.25) is 0 Å². The maximum Gasteiger partial charge on any atom is 0.0185 e. The molecule has 2 aromatic carbocycles.